The molecule has 0 aromatic heterocycles. The Labute approximate surface area is 188 Å². The maximum atomic E-state index is 12.8. The molecule has 0 radical (unpaired) electrons. The summed E-state index contributed by atoms with van der Waals surface area (Å²) in [6.07, 6.45) is 0. The van der Waals surface area contributed by atoms with Gasteiger partial charge in [-0.25, -0.2) is 16.8 Å². The minimum absolute atomic E-state index is 0.178. The summed E-state index contributed by atoms with van der Waals surface area (Å²) >= 11 is 17.8. The number of hydrogen-bond donors (Lipinski definition) is 3. The van der Waals surface area contributed by atoms with Crippen LogP contribution in [0.2, 0.25) is 15.1 Å². The first-order chi connectivity index (χ1) is 14.0. The summed E-state index contributed by atoms with van der Waals surface area (Å²) in [5.74, 6) is 0. The molecule has 7 nitrogen and oxygen atoms in total. The van der Waals surface area contributed by atoms with E-state index in [2.05, 4.69) is 9.44 Å². The molecule has 158 valence electrons. The van der Waals surface area contributed by atoms with E-state index in [1.807, 2.05) is 0 Å². The molecule has 0 aliphatic heterocycles. The molecular weight excluding hydrogens is 493 g/mol. The molecule has 3 aromatic carbocycles. The highest BCUT2D eigenvalue weighted by atomic mass is 35.5. The minimum Gasteiger partial charge on any atom is -0.398 e. The highest BCUT2D eigenvalue weighted by Crippen LogP contribution is 2.32. The van der Waals surface area contributed by atoms with Gasteiger partial charge in [-0.2, -0.15) is 0 Å². The molecule has 30 heavy (non-hydrogen) atoms. The number of nitrogens with one attached hydrogen (secondary N) is 2. The van der Waals surface area contributed by atoms with Crippen LogP contribution in [0.3, 0.4) is 0 Å². The number of rotatable bonds is 6. The van der Waals surface area contributed by atoms with Gasteiger partial charge in [0.05, 0.1) is 22.1 Å². The number of hydrogen-bond acceptors (Lipinski definition) is 5. The molecule has 3 rings (SSSR count). The molecule has 0 spiro atoms. The third-order valence-electron chi connectivity index (χ3n) is 3.80. The van der Waals surface area contributed by atoms with Crippen LogP contribution in [0.15, 0.2) is 70.5 Å². The number of benzene rings is 3. The summed E-state index contributed by atoms with van der Waals surface area (Å²) < 4.78 is 55.9. The van der Waals surface area contributed by atoms with E-state index >= 15 is 0 Å². The predicted molar refractivity (Wildman–Crippen MR) is 120 cm³/mol. The van der Waals surface area contributed by atoms with Gasteiger partial charge in [-0.15, -0.1) is 0 Å². The van der Waals surface area contributed by atoms with Crippen molar-refractivity contribution in [2.24, 2.45) is 0 Å². The van der Waals surface area contributed by atoms with Gasteiger partial charge in [-0.05, 0) is 48.5 Å². The molecule has 0 saturated heterocycles. The van der Waals surface area contributed by atoms with E-state index in [1.54, 1.807) is 24.3 Å². The summed E-state index contributed by atoms with van der Waals surface area (Å²) in [4.78, 5) is -0.928. The van der Waals surface area contributed by atoms with E-state index in [0.717, 1.165) is 12.1 Å². The third-order valence-corrected chi connectivity index (χ3v) is 7.55. The second-order valence-corrected chi connectivity index (χ2v) is 10.6. The van der Waals surface area contributed by atoms with E-state index in [1.165, 1.54) is 24.3 Å². The molecule has 12 heteroatoms. The lowest BCUT2D eigenvalue weighted by molar-refractivity contribution is 0.600. The normalized spacial score (nSPS) is 11.8. The largest absolute Gasteiger partial charge is 0.398 e. The number of nitrogen functional groups attached to an aromatic ring is 1. The highest BCUT2D eigenvalue weighted by molar-refractivity contribution is 7.93. The molecule has 0 saturated carbocycles. The van der Waals surface area contributed by atoms with Crippen molar-refractivity contribution in [3.63, 3.8) is 0 Å². The summed E-state index contributed by atoms with van der Waals surface area (Å²) in [5.41, 5.74) is 5.94. The molecule has 0 aliphatic rings. The van der Waals surface area contributed by atoms with Crippen molar-refractivity contribution in [1.29, 1.82) is 0 Å². The lowest BCUT2D eigenvalue weighted by Crippen LogP contribution is -2.18. The molecule has 0 aliphatic carbocycles. The molecule has 4 N–H and O–H groups in total. The second kappa shape index (κ2) is 8.52. The monoisotopic (exact) mass is 505 g/mol. The third kappa shape index (κ3) is 5.11. The standard InChI is InChI=1S/C18H14Cl3N3O4S2/c19-11-3-1-5-13(7-11)23-29(25,26)17-10-18(16(22)9-15(17)21)30(27,28)24-14-6-2-4-12(20)8-14/h1-10,23-24H,22H2. The van der Waals surface area contributed by atoms with E-state index < -0.39 is 29.8 Å². The summed E-state index contributed by atoms with van der Waals surface area (Å²) in [5, 5.41) is 0.379. The topological polar surface area (TPSA) is 118 Å². The van der Waals surface area contributed by atoms with Crippen molar-refractivity contribution in [2.75, 3.05) is 15.2 Å². The predicted octanol–water partition coefficient (Wildman–Crippen LogP) is 4.83. The SMILES string of the molecule is Nc1cc(Cl)c(S(=O)(=O)Nc2cccc(Cl)c2)cc1S(=O)(=O)Nc1cccc(Cl)c1. The van der Waals surface area contributed by atoms with Crippen molar-refractivity contribution in [2.45, 2.75) is 9.79 Å². The van der Waals surface area contributed by atoms with Crippen LogP contribution in [0, 0.1) is 0 Å². The van der Waals surface area contributed by atoms with Crippen LogP contribution in [0.25, 0.3) is 0 Å². The summed E-state index contributed by atoms with van der Waals surface area (Å²) in [7, 11) is -8.49. The Hall–Kier alpha value is -2.17. The van der Waals surface area contributed by atoms with Gasteiger partial charge >= 0.3 is 0 Å². The van der Waals surface area contributed by atoms with Crippen molar-refractivity contribution < 1.29 is 16.8 Å². The van der Waals surface area contributed by atoms with Gasteiger partial charge in [0.25, 0.3) is 20.0 Å². The van der Waals surface area contributed by atoms with Crippen molar-refractivity contribution in [3.8, 4) is 0 Å². The lowest BCUT2D eigenvalue weighted by atomic mass is 10.3. The van der Waals surface area contributed by atoms with Crippen LogP contribution < -0.4 is 15.2 Å². The Balaban J connectivity index is 2.03. The highest BCUT2D eigenvalue weighted by Gasteiger charge is 2.26. The first kappa shape index (κ1) is 22.5. The Morgan fingerprint density at radius 3 is 1.60 bits per heavy atom. The van der Waals surface area contributed by atoms with E-state index in [4.69, 9.17) is 40.5 Å². The average molecular weight is 507 g/mol. The Kier molecular flexibility index (Phi) is 6.40. The Morgan fingerprint density at radius 2 is 1.13 bits per heavy atom. The summed E-state index contributed by atoms with van der Waals surface area (Å²) in [6.45, 7) is 0. The molecule has 3 aromatic rings. The van der Waals surface area contributed by atoms with Crippen molar-refractivity contribution in [3.05, 3.63) is 75.7 Å². The zero-order valence-corrected chi connectivity index (χ0v) is 18.8. The summed E-state index contributed by atoms with van der Waals surface area (Å²) in [6, 6.07) is 13.9. The molecule has 0 heterocycles. The smallest absolute Gasteiger partial charge is 0.263 e. The fourth-order valence-electron chi connectivity index (χ4n) is 2.51. The second-order valence-electron chi connectivity index (χ2n) is 6.05. The van der Waals surface area contributed by atoms with Gasteiger partial charge in [0.2, 0.25) is 0 Å². The van der Waals surface area contributed by atoms with Gasteiger partial charge in [-0.3, -0.25) is 9.44 Å². The first-order valence-electron chi connectivity index (χ1n) is 8.14. The van der Waals surface area contributed by atoms with Gasteiger partial charge in [0.15, 0.2) is 0 Å². The number of anilines is 3. The zero-order valence-electron chi connectivity index (χ0n) is 14.9. The average Bonchev–Trinajstić information content (AvgIpc) is 2.60. The van der Waals surface area contributed by atoms with Crippen molar-refractivity contribution in [1.82, 2.24) is 0 Å². The maximum Gasteiger partial charge on any atom is 0.263 e. The van der Waals surface area contributed by atoms with Gasteiger partial charge < -0.3 is 5.73 Å². The number of halogens is 3. The van der Waals surface area contributed by atoms with Crippen LogP contribution >= 0.6 is 34.8 Å². The van der Waals surface area contributed by atoms with Crippen LogP contribution in [-0.4, -0.2) is 16.8 Å². The molecule has 0 atom stereocenters. The lowest BCUT2D eigenvalue weighted by Gasteiger charge is -2.14. The quantitative estimate of drug-likeness (QED) is 0.414. The fourth-order valence-corrected chi connectivity index (χ4v) is 5.77. The van der Waals surface area contributed by atoms with Crippen LogP contribution in [0.4, 0.5) is 17.1 Å². The number of sulfonamides is 2. The van der Waals surface area contributed by atoms with E-state index in [9.17, 15) is 16.8 Å². The fraction of sp³-hybridized carbons (Fsp3) is 0. The molecule has 0 unspecified atom stereocenters. The zero-order chi connectivity index (χ0) is 22.1. The molecule has 0 bridgehead atoms. The number of nitrogens with two attached hydrogens (primary N) is 1. The van der Waals surface area contributed by atoms with Crippen LogP contribution in [0.1, 0.15) is 0 Å². The van der Waals surface area contributed by atoms with E-state index in [0.29, 0.717) is 10.0 Å². The molecular formula is C18H14Cl3N3O4S2. The van der Waals surface area contributed by atoms with Gasteiger partial charge in [0, 0.05) is 10.0 Å². The Bertz CT molecular complexity index is 1230. The van der Waals surface area contributed by atoms with Gasteiger partial charge in [-0.1, -0.05) is 46.9 Å². The van der Waals surface area contributed by atoms with Crippen molar-refractivity contribution >= 4 is 71.9 Å². The Morgan fingerprint density at radius 1 is 0.667 bits per heavy atom. The molecule has 0 fully saturated rings. The maximum absolute atomic E-state index is 12.8. The van der Waals surface area contributed by atoms with Crippen LogP contribution in [0.5, 0.6) is 0 Å². The van der Waals surface area contributed by atoms with Gasteiger partial charge in [0.1, 0.15) is 9.79 Å². The molecule has 0 amide bonds. The van der Waals surface area contributed by atoms with Crippen LogP contribution in [-0.2, 0) is 20.0 Å². The minimum atomic E-state index is -4.25. The van der Waals surface area contributed by atoms with E-state index in [-0.39, 0.29) is 22.1 Å². The first-order valence-corrected chi connectivity index (χ1v) is 12.2.